The quantitative estimate of drug-likeness (QED) is 0.869. The summed E-state index contributed by atoms with van der Waals surface area (Å²) < 4.78 is 5.98. The number of hydrogen-bond donors (Lipinski definition) is 1. The molecule has 5 rings (SSSR count). The molecule has 3 nitrogen and oxygen atoms in total. The number of benzene rings is 2. The maximum absolute atomic E-state index is 5.98. The minimum absolute atomic E-state index is 0.622. The topological polar surface area (TPSA) is 24.5 Å². The second-order valence-corrected chi connectivity index (χ2v) is 7.55. The van der Waals surface area contributed by atoms with Gasteiger partial charge in [0, 0.05) is 19.1 Å². The molecular weight excluding hydrogens is 308 g/mol. The molecule has 1 N–H and O–H groups in total. The number of nitrogens with one attached hydrogen (secondary N) is 1. The first kappa shape index (κ1) is 16.6. The summed E-state index contributed by atoms with van der Waals surface area (Å²) in [5.74, 6) is 1.82. The maximum atomic E-state index is 5.98. The number of ether oxygens (including phenoxy) is 1. The third-order valence-corrected chi connectivity index (χ3v) is 5.65. The monoisotopic (exact) mass is 336 g/mol. The van der Waals surface area contributed by atoms with Crippen LogP contribution in [0.4, 0.5) is 0 Å². The highest BCUT2D eigenvalue weighted by atomic mass is 16.5. The molecule has 0 aliphatic carbocycles. The van der Waals surface area contributed by atoms with Gasteiger partial charge in [-0.05, 0) is 62.0 Å². The van der Waals surface area contributed by atoms with Crippen LogP contribution in [0.2, 0.25) is 0 Å². The van der Waals surface area contributed by atoms with Crippen LogP contribution >= 0.6 is 0 Å². The van der Waals surface area contributed by atoms with E-state index >= 15 is 0 Å². The van der Waals surface area contributed by atoms with Gasteiger partial charge in [-0.3, -0.25) is 0 Å². The molecule has 1 unspecified atom stereocenters. The molecule has 0 amide bonds. The number of fused-ring (bicyclic) bond motifs is 3. The molecule has 3 fully saturated rings. The van der Waals surface area contributed by atoms with Crippen molar-refractivity contribution in [2.45, 2.75) is 39.0 Å². The lowest BCUT2D eigenvalue weighted by atomic mass is 9.84. The Morgan fingerprint density at radius 3 is 2.56 bits per heavy atom. The molecule has 2 bridgehead atoms. The maximum Gasteiger partial charge on any atom is 0.120 e. The fraction of sp³-hybridized carbons (Fsp3) is 0.455. The molecule has 2 aromatic rings. The Hall–Kier alpha value is -1.84. The summed E-state index contributed by atoms with van der Waals surface area (Å²) in [6, 6.07) is 17.7. The SMILES string of the molecule is Cc1ccc(COc2cccc(CNC3CN4CCC3CC4)c2)cc1. The van der Waals surface area contributed by atoms with E-state index < -0.39 is 0 Å². The van der Waals surface area contributed by atoms with Crippen molar-refractivity contribution in [2.24, 2.45) is 5.92 Å². The van der Waals surface area contributed by atoms with E-state index in [0.29, 0.717) is 12.6 Å². The summed E-state index contributed by atoms with van der Waals surface area (Å²) in [5, 5.41) is 3.78. The molecule has 3 saturated heterocycles. The van der Waals surface area contributed by atoms with Crippen molar-refractivity contribution in [1.29, 1.82) is 0 Å². The number of piperidine rings is 3. The van der Waals surface area contributed by atoms with Crippen LogP contribution in [0.15, 0.2) is 48.5 Å². The first-order chi connectivity index (χ1) is 12.3. The summed E-state index contributed by atoms with van der Waals surface area (Å²) >= 11 is 0. The van der Waals surface area contributed by atoms with Crippen LogP contribution < -0.4 is 10.1 Å². The van der Waals surface area contributed by atoms with Crippen molar-refractivity contribution in [3.8, 4) is 5.75 Å². The average Bonchev–Trinajstić information content (AvgIpc) is 2.67. The van der Waals surface area contributed by atoms with Gasteiger partial charge in [0.05, 0.1) is 0 Å². The van der Waals surface area contributed by atoms with Crippen molar-refractivity contribution in [1.82, 2.24) is 10.2 Å². The van der Waals surface area contributed by atoms with E-state index in [2.05, 4.69) is 59.6 Å². The highest BCUT2D eigenvalue weighted by Gasteiger charge is 2.33. The van der Waals surface area contributed by atoms with E-state index in [0.717, 1.165) is 18.2 Å². The van der Waals surface area contributed by atoms with E-state index in [1.807, 2.05) is 6.07 Å². The number of hydrogen-bond acceptors (Lipinski definition) is 3. The Balaban J connectivity index is 1.31. The fourth-order valence-corrected chi connectivity index (χ4v) is 4.04. The normalized spacial score (nSPS) is 25.1. The van der Waals surface area contributed by atoms with Crippen molar-refractivity contribution >= 4 is 0 Å². The smallest absolute Gasteiger partial charge is 0.120 e. The Morgan fingerprint density at radius 1 is 1.04 bits per heavy atom. The molecule has 25 heavy (non-hydrogen) atoms. The lowest BCUT2D eigenvalue weighted by molar-refractivity contribution is 0.0720. The highest BCUT2D eigenvalue weighted by Crippen LogP contribution is 2.27. The van der Waals surface area contributed by atoms with Gasteiger partial charge in [-0.15, -0.1) is 0 Å². The van der Waals surface area contributed by atoms with E-state index in [1.165, 1.54) is 49.2 Å². The predicted molar refractivity (Wildman–Crippen MR) is 102 cm³/mol. The minimum atomic E-state index is 0.622. The Kier molecular flexibility index (Phi) is 5.04. The van der Waals surface area contributed by atoms with Crippen molar-refractivity contribution < 1.29 is 4.74 Å². The highest BCUT2D eigenvalue weighted by molar-refractivity contribution is 5.29. The van der Waals surface area contributed by atoms with E-state index in [-0.39, 0.29) is 0 Å². The Morgan fingerprint density at radius 2 is 1.84 bits per heavy atom. The Bertz CT molecular complexity index is 689. The van der Waals surface area contributed by atoms with E-state index in [9.17, 15) is 0 Å². The lowest BCUT2D eigenvalue weighted by Crippen LogP contribution is -2.55. The van der Waals surface area contributed by atoms with Gasteiger partial charge < -0.3 is 15.0 Å². The van der Waals surface area contributed by atoms with Gasteiger partial charge in [0.2, 0.25) is 0 Å². The van der Waals surface area contributed by atoms with Crippen LogP contribution in [0.1, 0.15) is 29.5 Å². The summed E-state index contributed by atoms with van der Waals surface area (Å²) in [6.07, 6.45) is 2.72. The molecule has 0 radical (unpaired) electrons. The first-order valence-electron chi connectivity index (χ1n) is 9.49. The predicted octanol–water partition coefficient (Wildman–Crippen LogP) is 3.76. The van der Waals surface area contributed by atoms with Gasteiger partial charge in [0.25, 0.3) is 0 Å². The molecule has 3 aliphatic rings. The minimum Gasteiger partial charge on any atom is -0.489 e. The summed E-state index contributed by atoms with van der Waals surface area (Å²) in [4.78, 5) is 2.60. The average molecular weight is 336 g/mol. The van der Waals surface area contributed by atoms with Gasteiger partial charge in [-0.1, -0.05) is 42.0 Å². The molecule has 0 spiro atoms. The molecule has 1 atom stereocenters. The molecule has 3 heteroatoms. The zero-order chi connectivity index (χ0) is 17.1. The molecule has 3 heterocycles. The summed E-state index contributed by atoms with van der Waals surface area (Å²) in [7, 11) is 0. The molecule has 3 aliphatic heterocycles. The van der Waals surface area contributed by atoms with Gasteiger partial charge in [0.15, 0.2) is 0 Å². The number of aryl methyl sites for hydroxylation is 1. The molecule has 132 valence electrons. The third kappa shape index (κ3) is 4.23. The van der Waals surface area contributed by atoms with Crippen molar-refractivity contribution in [3.05, 3.63) is 65.2 Å². The molecular formula is C22H28N2O. The summed E-state index contributed by atoms with van der Waals surface area (Å²) in [6.45, 7) is 7.47. The van der Waals surface area contributed by atoms with Gasteiger partial charge in [-0.2, -0.15) is 0 Å². The van der Waals surface area contributed by atoms with Crippen LogP contribution in [-0.2, 0) is 13.2 Å². The molecule has 0 aromatic heterocycles. The zero-order valence-electron chi connectivity index (χ0n) is 15.1. The molecule has 2 aromatic carbocycles. The Labute approximate surface area is 151 Å². The standard InChI is InChI=1S/C22H28N2O/c1-17-5-7-18(8-6-17)16-25-21-4-2-3-19(13-21)14-23-22-15-24-11-9-20(22)10-12-24/h2-8,13,20,22-23H,9-12,14-16H2,1H3. The van der Waals surface area contributed by atoms with E-state index in [1.54, 1.807) is 0 Å². The van der Waals surface area contributed by atoms with E-state index in [4.69, 9.17) is 4.74 Å². The number of rotatable bonds is 6. The van der Waals surface area contributed by atoms with Crippen LogP contribution in [0.3, 0.4) is 0 Å². The van der Waals surface area contributed by atoms with Crippen LogP contribution in [0.5, 0.6) is 5.75 Å². The fourth-order valence-electron chi connectivity index (χ4n) is 4.04. The van der Waals surface area contributed by atoms with Crippen LogP contribution in [0, 0.1) is 12.8 Å². The van der Waals surface area contributed by atoms with Crippen LogP contribution in [0.25, 0.3) is 0 Å². The second-order valence-electron chi connectivity index (χ2n) is 7.55. The second kappa shape index (κ2) is 7.59. The largest absolute Gasteiger partial charge is 0.489 e. The lowest BCUT2D eigenvalue weighted by Gasteiger charge is -2.45. The van der Waals surface area contributed by atoms with Gasteiger partial charge >= 0.3 is 0 Å². The first-order valence-corrected chi connectivity index (χ1v) is 9.49. The summed E-state index contributed by atoms with van der Waals surface area (Å²) in [5.41, 5.74) is 3.80. The van der Waals surface area contributed by atoms with Crippen molar-refractivity contribution in [2.75, 3.05) is 19.6 Å². The number of nitrogens with zero attached hydrogens (tertiary/aromatic N) is 1. The van der Waals surface area contributed by atoms with Gasteiger partial charge in [0.1, 0.15) is 12.4 Å². The van der Waals surface area contributed by atoms with Crippen LogP contribution in [-0.4, -0.2) is 30.6 Å². The van der Waals surface area contributed by atoms with Gasteiger partial charge in [-0.25, -0.2) is 0 Å². The molecule has 0 saturated carbocycles. The zero-order valence-corrected chi connectivity index (χ0v) is 15.1. The van der Waals surface area contributed by atoms with Crippen molar-refractivity contribution in [3.63, 3.8) is 0 Å². The third-order valence-electron chi connectivity index (χ3n) is 5.65.